The van der Waals surface area contributed by atoms with Gasteiger partial charge >= 0.3 is 7.12 Å². The Kier molecular flexibility index (Phi) is 4.40. The van der Waals surface area contributed by atoms with E-state index in [0.717, 1.165) is 5.98 Å². The van der Waals surface area contributed by atoms with Crippen LogP contribution in [0, 0.1) is 0 Å². The second-order valence-electron chi connectivity index (χ2n) is 1.20. The number of hydrogen-bond donors (Lipinski definition) is 2. The van der Waals surface area contributed by atoms with E-state index in [9.17, 15) is 0 Å². The molecule has 0 heterocycles. The molecule has 3 nitrogen and oxygen atoms in total. The molecule has 0 saturated heterocycles. The van der Waals surface area contributed by atoms with Crippen LogP contribution in [0.25, 0.3) is 0 Å². The van der Waals surface area contributed by atoms with E-state index in [1.807, 2.05) is 6.92 Å². The smallest absolute Gasteiger partial charge is 0.483 e. The zero-order valence-corrected chi connectivity index (χ0v) is 4.74. The molecular formula is C4H9BO3. The average Bonchev–Trinajstić information content (AvgIpc) is 1.66. The molecule has 0 aromatic carbocycles. The van der Waals surface area contributed by atoms with Gasteiger partial charge in [-0.1, -0.05) is 0 Å². The van der Waals surface area contributed by atoms with Gasteiger partial charge in [0.15, 0.2) is 0 Å². The zero-order valence-electron chi connectivity index (χ0n) is 4.74. The third kappa shape index (κ3) is 5.52. The van der Waals surface area contributed by atoms with E-state index in [4.69, 9.17) is 10.0 Å². The molecule has 0 aliphatic heterocycles. The topological polar surface area (TPSA) is 49.7 Å². The van der Waals surface area contributed by atoms with Crippen molar-refractivity contribution >= 4 is 7.12 Å². The van der Waals surface area contributed by atoms with E-state index in [1.54, 1.807) is 0 Å². The molecule has 0 amide bonds. The number of hydrogen-bond acceptors (Lipinski definition) is 3. The summed E-state index contributed by atoms with van der Waals surface area (Å²) in [4.78, 5) is 0. The van der Waals surface area contributed by atoms with Gasteiger partial charge in [-0.2, -0.15) is 0 Å². The molecule has 0 unspecified atom stereocenters. The van der Waals surface area contributed by atoms with Crippen LogP contribution in [0.3, 0.4) is 0 Å². The van der Waals surface area contributed by atoms with Gasteiger partial charge in [0.1, 0.15) is 0 Å². The highest BCUT2D eigenvalue weighted by molar-refractivity contribution is 6.47. The van der Waals surface area contributed by atoms with Crippen molar-refractivity contribution in [1.82, 2.24) is 0 Å². The first-order valence-electron chi connectivity index (χ1n) is 2.41. The first-order valence-corrected chi connectivity index (χ1v) is 2.41. The van der Waals surface area contributed by atoms with Crippen molar-refractivity contribution in [3.8, 4) is 0 Å². The second kappa shape index (κ2) is 4.68. The Morgan fingerprint density at radius 3 is 2.62 bits per heavy atom. The van der Waals surface area contributed by atoms with Crippen molar-refractivity contribution in [2.75, 3.05) is 6.61 Å². The Hall–Kier alpha value is -0.475. The lowest BCUT2D eigenvalue weighted by Crippen LogP contribution is -2.05. The van der Waals surface area contributed by atoms with Gasteiger partial charge in [-0.25, -0.2) is 0 Å². The molecule has 0 aromatic rings. The fourth-order valence-electron chi connectivity index (χ4n) is 0.222. The van der Waals surface area contributed by atoms with Gasteiger partial charge in [-0.15, -0.1) is 0 Å². The Morgan fingerprint density at radius 2 is 2.25 bits per heavy atom. The maximum absolute atomic E-state index is 8.17. The summed E-state index contributed by atoms with van der Waals surface area (Å²) in [7, 11) is -1.40. The zero-order chi connectivity index (χ0) is 6.41. The largest absolute Gasteiger partial charge is 0.502 e. The molecule has 46 valence electrons. The molecule has 0 saturated carbocycles. The maximum Gasteiger partial charge on any atom is 0.483 e. The predicted octanol–water partition coefficient (Wildman–Crippen LogP) is -0.451. The summed E-state index contributed by atoms with van der Waals surface area (Å²) < 4.78 is 4.64. The van der Waals surface area contributed by atoms with Gasteiger partial charge in [-0.3, -0.25) is 0 Å². The quantitative estimate of drug-likeness (QED) is 0.387. The van der Waals surface area contributed by atoms with Crippen LogP contribution in [-0.2, 0) is 4.74 Å². The molecule has 8 heavy (non-hydrogen) atoms. The van der Waals surface area contributed by atoms with E-state index in [-0.39, 0.29) is 0 Å². The molecule has 2 N–H and O–H groups in total. The minimum atomic E-state index is -1.40. The van der Waals surface area contributed by atoms with Crippen molar-refractivity contribution < 1.29 is 14.8 Å². The van der Waals surface area contributed by atoms with Crippen molar-refractivity contribution in [3.05, 3.63) is 12.2 Å². The Balaban J connectivity index is 3.07. The van der Waals surface area contributed by atoms with Gasteiger partial charge in [0.25, 0.3) is 0 Å². The van der Waals surface area contributed by atoms with Gasteiger partial charge in [0.2, 0.25) is 0 Å². The van der Waals surface area contributed by atoms with E-state index in [2.05, 4.69) is 4.74 Å². The van der Waals surface area contributed by atoms with Crippen molar-refractivity contribution in [1.29, 1.82) is 0 Å². The third-order valence-electron chi connectivity index (χ3n) is 0.514. The Morgan fingerprint density at radius 1 is 1.62 bits per heavy atom. The van der Waals surface area contributed by atoms with Gasteiger partial charge in [0.05, 0.1) is 12.9 Å². The summed E-state index contributed by atoms with van der Waals surface area (Å²) in [6.45, 7) is 2.36. The molecule has 0 atom stereocenters. The summed E-state index contributed by atoms with van der Waals surface area (Å²) in [5, 5.41) is 16.3. The fourth-order valence-corrected chi connectivity index (χ4v) is 0.222. The highest BCUT2D eigenvalue weighted by atomic mass is 16.5. The normalized spacial score (nSPS) is 9.88. The third-order valence-corrected chi connectivity index (χ3v) is 0.514. The molecule has 0 bridgehead atoms. The van der Waals surface area contributed by atoms with Crippen LogP contribution in [-0.4, -0.2) is 23.8 Å². The van der Waals surface area contributed by atoms with Crippen LogP contribution < -0.4 is 0 Å². The summed E-state index contributed by atoms with van der Waals surface area (Å²) in [5.41, 5.74) is 0. The summed E-state index contributed by atoms with van der Waals surface area (Å²) in [6, 6.07) is 0. The highest BCUT2D eigenvalue weighted by Gasteiger charge is 1.96. The predicted molar refractivity (Wildman–Crippen MR) is 31.0 cm³/mol. The lowest BCUT2D eigenvalue weighted by molar-refractivity contribution is 0.268. The van der Waals surface area contributed by atoms with Crippen molar-refractivity contribution in [3.63, 3.8) is 0 Å². The van der Waals surface area contributed by atoms with Crippen LogP contribution in [0.1, 0.15) is 6.92 Å². The van der Waals surface area contributed by atoms with Crippen LogP contribution in [0.2, 0.25) is 0 Å². The molecule has 0 fully saturated rings. The summed E-state index contributed by atoms with van der Waals surface area (Å²) >= 11 is 0. The molecule has 0 aliphatic carbocycles. The molecule has 0 aliphatic rings. The first kappa shape index (κ1) is 7.52. The second-order valence-corrected chi connectivity index (χ2v) is 1.20. The van der Waals surface area contributed by atoms with Crippen LogP contribution >= 0.6 is 0 Å². The monoisotopic (exact) mass is 116 g/mol. The lowest BCUT2D eigenvalue weighted by Gasteiger charge is -1.90. The molecule has 0 aromatic heterocycles. The summed E-state index contributed by atoms with van der Waals surface area (Å²) in [5.74, 6) is 1.14. The first-order chi connectivity index (χ1) is 3.77. The van der Waals surface area contributed by atoms with Gasteiger partial charge in [-0.05, 0) is 12.9 Å². The standard InChI is InChI=1S/C4H9BO3/c1-2-8-4-3-5(6)7/h3-4,6-7H,2H2,1H3/b4-3+. The minimum Gasteiger partial charge on any atom is -0.502 e. The number of rotatable bonds is 3. The van der Waals surface area contributed by atoms with Crippen LogP contribution in [0.15, 0.2) is 12.2 Å². The SMILES string of the molecule is CCO/C=C/B(O)O. The van der Waals surface area contributed by atoms with E-state index < -0.39 is 7.12 Å². The molecular weight excluding hydrogens is 107 g/mol. The Bertz CT molecular complexity index is 71.7. The molecule has 0 spiro atoms. The minimum absolute atomic E-state index is 0.545. The van der Waals surface area contributed by atoms with E-state index >= 15 is 0 Å². The van der Waals surface area contributed by atoms with Crippen LogP contribution in [0.4, 0.5) is 0 Å². The van der Waals surface area contributed by atoms with Crippen LogP contribution in [0.5, 0.6) is 0 Å². The Labute approximate surface area is 48.7 Å². The average molecular weight is 116 g/mol. The molecule has 4 heteroatoms. The molecule has 0 radical (unpaired) electrons. The van der Waals surface area contributed by atoms with Gasteiger partial charge in [0, 0.05) is 0 Å². The molecule has 0 rings (SSSR count). The summed E-state index contributed by atoms with van der Waals surface area (Å²) in [6.07, 6.45) is 1.25. The maximum atomic E-state index is 8.17. The number of ether oxygens (including phenoxy) is 1. The lowest BCUT2D eigenvalue weighted by atomic mass is 9.93. The van der Waals surface area contributed by atoms with E-state index in [0.29, 0.717) is 6.61 Å². The van der Waals surface area contributed by atoms with Crippen molar-refractivity contribution in [2.45, 2.75) is 6.92 Å². The van der Waals surface area contributed by atoms with Gasteiger partial charge < -0.3 is 14.8 Å². The highest BCUT2D eigenvalue weighted by Crippen LogP contribution is 1.76. The van der Waals surface area contributed by atoms with Crippen molar-refractivity contribution in [2.24, 2.45) is 0 Å². The van der Waals surface area contributed by atoms with E-state index in [1.165, 1.54) is 6.26 Å². The fraction of sp³-hybridized carbons (Fsp3) is 0.500.